The molecule has 0 saturated carbocycles. The van der Waals surface area contributed by atoms with Crippen LogP contribution in [-0.4, -0.2) is 41.8 Å². The van der Waals surface area contributed by atoms with Crippen LogP contribution >= 0.6 is 11.6 Å². The molecule has 1 N–H and O–H groups in total. The van der Waals surface area contributed by atoms with Gasteiger partial charge in [-0.2, -0.15) is 5.10 Å². The maximum atomic E-state index is 6.24. The second-order valence-corrected chi connectivity index (χ2v) is 6.62. The average molecular weight is 319 g/mol. The van der Waals surface area contributed by atoms with E-state index < -0.39 is 0 Å². The molecule has 1 unspecified atom stereocenters. The second-order valence-electron chi connectivity index (χ2n) is 6.24. The minimum absolute atomic E-state index is 0.698. The Hall–Kier alpha value is -1.52. The lowest BCUT2D eigenvalue weighted by atomic mass is 10.1. The fraction of sp³-hybridized carbons (Fsp3) is 0.471. The highest BCUT2D eigenvalue weighted by molar-refractivity contribution is 6.31. The van der Waals surface area contributed by atoms with Crippen molar-refractivity contribution in [1.82, 2.24) is 15.1 Å². The molecule has 0 spiro atoms. The molecule has 2 heterocycles. The zero-order valence-electron chi connectivity index (χ0n) is 13.2. The van der Waals surface area contributed by atoms with Crippen LogP contribution in [0, 0.1) is 12.8 Å². The molecule has 1 aromatic heterocycles. The molecule has 1 aromatic carbocycles. The molecule has 5 heteroatoms. The Morgan fingerprint density at radius 2 is 2.14 bits per heavy atom. The van der Waals surface area contributed by atoms with Gasteiger partial charge in [0, 0.05) is 31.9 Å². The van der Waals surface area contributed by atoms with Gasteiger partial charge >= 0.3 is 0 Å². The zero-order chi connectivity index (χ0) is 15.5. The number of nitrogens with zero attached hydrogens (tertiary/aromatic N) is 3. The van der Waals surface area contributed by atoms with E-state index in [9.17, 15) is 0 Å². The highest BCUT2D eigenvalue weighted by Crippen LogP contribution is 2.25. The second kappa shape index (κ2) is 6.71. The fourth-order valence-corrected chi connectivity index (χ4v) is 3.33. The van der Waals surface area contributed by atoms with Gasteiger partial charge in [0.2, 0.25) is 0 Å². The normalized spacial score (nSPS) is 18.4. The highest BCUT2D eigenvalue weighted by Gasteiger charge is 2.24. The van der Waals surface area contributed by atoms with Gasteiger partial charge in [-0.3, -0.25) is 5.10 Å². The predicted molar refractivity (Wildman–Crippen MR) is 91.4 cm³/mol. The summed E-state index contributed by atoms with van der Waals surface area (Å²) in [5.74, 6) is 0.698. The molecule has 0 amide bonds. The molecule has 3 rings (SSSR count). The number of benzene rings is 1. The lowest BCUT2D eigenvalue weighted by molar-refractivity contribution is 0.276. The Bertz CT molecular complexity index is 610. The van der Waals surface area contributed by atoms with Crippen molar-refractivity contribution in [1.29, 1.82) is 0 Å². The van der Waals surface area contributed by atoms with Gasteiger partial charge in [-0.1, -0.05) is 29.8 Å². The lowest BCUT2D eigenvalue weighted by Crippen LogP contribution is -2.28. The lowest BCUT2D eigenvalue weighted by Gasteiger charge is -2.22. The first-order valence-corrected chi connectivity index (χ1v) is 8.19. The van der Waals surface area contributed by atoms with Crippen LogP contribution in [0.15, 0.2) is 30.3 Å². The number of rotatable bonds is 5. The Morgan fingerprint density at radius 1 is 1.36 bits per heavy atom. The van der Waals surface area contributed by atoms with Crippen LogP contribution in [0.1, 0.15) is 17.8 Å². The van der Waals surface area contributed by atoms with Crippen LogP contribution in [0.25, 0.3) is 0 Å². The fourth-order valence-electron chi connectivity index (χ4n) is 3.19. The molecule has 22 heavy (non-hydrogen) atoms. The van der Waals surface area contributed by atoms with E-state index in [-0.39, 0.29) is 0 Å². The molecule has 1 aliphatic rings. The maximum Gasteiger partial charge on any atom is 0.0951 e. The van der Waals surface area contributed by atoms with Crippen LogP contribution in [0.4, 0.5) is 5.69 Å². The van der Waals surface area contributed by atoms with E-state index >= 15 is 0 Å². The van der Waals surface area contributed by atoms with Crippen LogP contribution in [0.3, 0.4) is 0 Å². The Kier molecular flexibility index (Phi) is 4.69. The van der Waals surface area contributed by atoms with Gasteiger partial charge in [-0.25, -0.2) is 0 Å². The molecule has 118 valence electrons. The summed E-state index contributed by atoms with van der Waals surface area (Å²) < 4.78 is 0. The average Bonchev–Trinajstić information content (AvgIpc) is 3.10. The van der Waals surface area contributed by atoms with E-state index in [1.807, 2.05) is 6.92 Å². The van der Waals surface area contributed by atoms with E-state index in [0.717, 1.165) is 42.6 Å². The standard InChI is InChI=1S/C17H23ClN4/c1-13-17(18)16(20-19-13)12-21(2)10-14-8-9-22(11-14)15-6-4-3-5-7-15/h3-7,14H,8-12H2,1-2H3,(H,19,20). The summed E-state index contributed by atoms with van der Waals surface area (Å²) in [5, 5.41) is 8.00. The Morgan fingerprint density at radius 3 is 2.82 bits per heavy atom. The number of hydrogen-bond donors (Lipinski definition) is 1. The minimum Gasteiger partial charge on any atom is -0.371 e. The molecule has 1 aliphatic heterocycles. The molecular weight excluding hydrogens is 296 g/mol. The molecule has 1 saturated heterocycles. The highest BCUT2D eigenvalue weighted by atomic mass is 35.5. The largest absolute Gasteiger partial charge is 0.371 e. The van der Waals surface area contributed by atoms with Crippen molar-refractivity contribution in [3.05, 3.63) is 46.7 Å². The smallest absolute Gasteiger partial charge is 0.0951 e. The maximum absolute atomic E-state index is 6.24. The summed E-state index contributed by atoms with van der Waals surface area (Å²) in [7, 11) is 2.14. The van der Waals surface area contributed by atoms with Crippen molar-refractivity contribution in [2.75, 3.05) is 31.6 Å². The van der Waals surface area contributed by atoms with Crippen molar-refractivity contribution < 1.29 is 0 Å². The van der Waals surface area contributed by atoms with Crippen molar-refractivity contribution in [3.8, 4) is 0 Å². The zero-order valence-corrected chi connectivity index (χ0v) is 14.0. The third-order valence-corrected chi connectivity index (χ3v) is 4.84. The first-order valence-electron chi connectivity index (χ1n) is 7.81. The van der Waals surface area contributed by atoms with Gasteiger partial charge in [-0.15, -0.1) is 0 Å². The number of aromatic nitrogens is 2. The molecule has 4 nitrogen and oxygen atoms in total. The van der Waals surface area contributed by atoms with E-state index in [1.165, 1.54) is 12.1 Å². The summed E-state index contributed by atoms with van der Waals surface area (Å²) in [6.07, 6.45) is 1.24. The van der Waals surface area contributed by atoms with Crippen molar-refractivity contribution in [2.24, 2.45) is 5.92 Å². The van der Waals surface area contributed by atoms with Crippen molar-refractivity contribution in [3.63, 3.8) is 0 Å². The van der Waals surface area contributed by atoms with Gasteiger partial charge in [0.25, 0.3) is 0 Å². The third kappa shape index (κ3) is 3.45. The van der Waals surface area contributed by atoms with Crippen LogP contribution in [0.5, 0.6) is 0 Å². The van der Waals surface area contributed by atoms with Gasteiger partial charge in [0.15, 0.2) is 0 Å². The van der Waals surface area contributed by atoms with Crippen LogP contribution in [0.2, 0.25) is 5.02 Å². The number of H-pyrrole nitrogens is 1. The summed E-state index contributed by atoms with van der Waals surface area (Å²) >= 11 is 6.24. The monoisotopic (exact) mass is 318 g/mol. The summed E-state index contributed by atoms with van der Waals surface area (Å²) in [5.41, 5.74) is 3.22. The summed E-state index contributed by atoms with van der Waals surface area (Å²) in [6.45, 7) is 6.09. The summed E-state index contributed by atoms with van der Waals surface area (Å²) in [6, 6.07) is 10.7. The van der Waals surface area contributed by atoms with Crippen molar-refractivity contribution in [2.45, 2.75) is 19.9 Å². The topological polar surface area (TPSA) is 35.2 Å². The SMILES string of the molecule is Cc1[nH]nc(CN(C)CC2CCN(c3ccccc3)C2)c1Cl. The van der Waals surface area contributed by atoms with Gasteiger partial charge < -0.3 is 9.80 Å². The van der Waals surface area contributed by atoms with E-state index in [1.54, 1.807) is 0 Å². The molecule has 0 bridgehead atoms. The first kappa shape index (κ1) is 15.4. The molecule has 0 radical (unpaired) electrons. The number of anilines is 1. The predicted octanol–water partition coefficient (Wildman–Crippen LogP) is 3.33. The Labute approximate surface area is 137 Å². The number of aryl methyl sites for hydroxylation is 1. The van der Waals surface area contributed by atoms with E-state index in [4.69, 9.17) is 11.6 Å². The molecule has 1 fully saturated rings. The molecule has 0 aliphatic carbocycles. The third-order valence-electron chi connectivity index (χ3n) is 4.34. The number of halogens is 1. The number of hydrogen-bond acceptors (Lipinski definition) is 3. The number of aromatic amines is 1. The minimum atomic E-state index is 0.698. The van der Waals surface area contributed by atoms with E-state index in [0.29, 0.717) is 5.92 Å². The first-order chi connectivity index (χ1) is 10.6. The molecule has 1 atom stereocenters. The molecular formula is C17H23ClN4. The Balaban J connectivity index is 1.53. The molecule has 2 aromatic rings. The van der Waals surface area contributed by atoms with Crippen LogP contribution in [-0.2, 0) is 6.54 Å². The quantitative estimate of drug-likeness (QED) is 0.918. The van der Waals surface area contributed by atoms with Crippen molar-refractivity contribution >= 4 is 17.3 Å². The van der Waals surface area contributed by atoms with Gasteiger partial charge in [0.1, 0.15) is 0 Å². The number of nitrogens with one attached hydrogen (secondary N) is 1. The summed E-state index contributed by atoms with van der Waals surface area (Å²) in [4.78, 5) is 4.80. The van der Waals surface area contributed by atoms with Gasteiger partial charge in [0.05, 0.1) is 16.4 Å². The van der Waals surface area contributed by atoms with Crippen LogP contribution < -0.4 is 4.90 Å². The van der Waals surface area contributed by atoms with Gasteiger partial charge in [-0.05, 0) is 38.4 Å². The number of para-hydroxylation sites is 1. The van der Waals surface area contributed by atoms with E-state index in [2.05, 4.69) is 57.4 Å².